The third kappa shape index (κ3) is 2.69. The Kier molecular flexibility index (Phi) is 4.56. The molecule has 0 unspecified atom stereocenters. The zero-order chi connectivity index (χ0) is 18.7. The lowest BCUT2D eigenvalue weighted by Gasteiger charge is -2.60. The van der Waals surface area contributed by atoms with Crippen molar-refractivity contribution in [2.45, 2.75) is 98.5 Å². The van der Waals surface area contributed by atoms with Gasteiger partial charge in [-0.25, -0.2) is 0 Å². The summed E-state index contributed by atoms with van der Waals surface area (Å²) in [7, 11) is 0. The van der Waals surface area contributed by atoms with E-state index in [9.17, 15) is 4.79 Å². The lowest BCUT2D eigenvalue weighted by Crippen LogP contribution is -2.53. The fourth-order valence-corrected chi connectivity index (χ4v) is 7.88. The van der Waals surface area contributed by atoms with Crippen molar-refractivity contribution in [2.75, 3.05) is 0 Å². The number of allylic oxidation sites excluding steroid dienone is 2. The molecule has 0 aromatic carbocycles. The summed E-state index contributed by atoms with van der Waals surface area (Å²) in [6.45, 7) is 11.3. The fraction of sp³-hybridized carbons (Fsp3) is 0.875. The van der Waals surface area contributed by atoms with Crippen molar-refractivity contribution in [1.29, 1.82) is 0 Å². The average molecular weight is 359 g/mol. The van der Waals surface area contributed by atoms with E-state index in [-0.39, 0.29) is 17.5 Å². The summed E-state index contributed by atoms with van der Waals surface area (Å²) in [5.74, 6) is 3.35. The van der Waals surface area contributed by atoms with Gasteiger partial charge in [-0.3, -0.25) is 4.79 Å². The Morgan fingerprint density at radius 3 is 2.35 bits per heavy atom. The van der Waals surface area contributed by atoms with E-state index in [0.29, 0.717) is 5.41 Å². The molecule has 4 aliphatic rings. The summed E-state index contributed by atoms with van der Waals surface area (Å²) in [5.41, 5.74) is 4.10. The van der Waals surface area contributed by atoms with Gasteiger partial charge >= 0.3 is 5.97 Å². The van der Waals surface area contributed by atoms with Crippen LogP contribution in [-0.2, 0) is 9.53 Å². The van der Waals surface area contributed by atoms with E-state index in [2.05, 4.69) is 27.7 Å². The highest BCUT2D eigenvalue weighted by molar-refractivity contribution is 5.66. The van der Waals surface area contributed by atoms with Gasteiger partial charge in [0.25, 0.3) is 0 Å². The van der Waals surface area contributed by atoms with Crippen LogP contribution >= 0.6 is 0 Å². The number of esters is 1. The quantitative estimate of drug-likeness (QED) is 0.406. The molecule has 0 radical (unpaired) electrons. The first-order valence-corrected chi connectivity index (χ1v) is 11.1. The van der Waals surface area contributed by atoms with Crippen LogP contribution in [0.3, 0.4) is 0 Å². The van der Waals surface area contributed by atoms with Gasteiger partial charge in [-0.05, 0) is 101 Å². The van der Waals surface area contributed by atoms with Crippen molar-refractivity contribution >= 4 is 5.97 Å². The molecular weight excluding hydrogens is 320 g/mol. The highest BCUT2D eigenvalue weighted by atomic mass is 16.5. The van der Waals surface area contributed by atoms with Crippen LogP contribution < -0.4 is 0 Å². The molecule has 2 nitrogen and oxygen atoms in total. The molecule has 0 bridgehead atoms. The Balaban J connectivity index is 1.57. The van der Waals surface area contributed by atoms with E-state index < -0.39 is 0 Å². The maximum atomic E-state index is 11.6. The van der Waals surface area contributed by atoms with E-state index in [1.165, 1.54) is 51.4 Å². The molecule has 4 rings (SSSR count). The average Bonchev–Trinajstić information content (AvgIpc) is 2.90. The number of rotatable bonds is 1. The van der Waals surface area contributed by atoms with Gasteiger partial charge in [-0.15, -0.1) is 0 Å². The Hall–Kier alpha value is -0.790. The van der Waals surface area contributed by atoms with Gasteiger partial charge in [0.1, 0.15) is 6.10 Å². The Morgan fingerprint density at radius 1 is 0.923 bits per heavy atom. The first kappa shape index (κ1) is 18.6. The summed E-state index contributed by atoms with van der Waals surface area (Å²) in [5, 5.41) is 0. The van der Waals surface area contributed by atoms with Crippen LogP contribution in [0.1, 0.15) is 92.4 Å². The van der Waals surface area contributed by atoms with Gasteiger partial charge in [0.05, 0.1) is 0 Å². The lowest BCUT2D eigenvalue weighted by molar-refractivity contribution is -0.160. The molecule has 2 heteroatoms. The van der Waals surface area contributed by atoms with Crippen LogP contribution in [0.15, 0.2) is 11.1 Å². The topological polar surface area (TPSA) is 26.3 Å². The predicted molar refractivity (Wildman–Crippen MR) is 106 cm³/mol. The predicted octanol–water partition coefficient (Wildman–Crippen LogP) is 6.30. The van der Waals surface area contributed by atoms with Crippen molar-refractivity contribution < 1.29 is 9.53 Å². The Bertz CT molecular complexity index is 616. The summed E-state index contributed by atoms with van der Waals surface area (Å²) in [6, 6.07) is 0. The van der Waals surface area contributed by atoms with Gasteiger partial charge in [0, 0.05) is 12.3 Å². The first-order chi connectivity index (χ1) is 12.3. The highest BCUT2D eigenvalue weighted by Crippen LogP contribution is 2.67. The van der Waals surface area contributed by atoms with Crippen LogP contribution in [0, 0.1) is 34.5 Å². The number of hydrogen-bond donors (Lipinski definition) is 0. The number of hydrogen-bond acceptors (Lipinski definition) is 2. The van der Waals surface area contributed by atoms with E-state index in [0.717, 1.165) is 30.1 Å². The van der Waals surface area contributed by atoms with Crippen molar-refractivity contribution in [3.63, 3.8) is 0 Å². The van der Waals surface area contributed by atoms with E-state index >= 15 is 0 Å². The van der Waals surface area contributed by atoms with Gasteiger partial charge in [-0.2, -0.15) is 0 Å². The molecule has 4 saturated carbocycles. The number of carbonyl (C=O) groups is 1. The summed E-state index contributed by atoms with van der Waals surface area (Å²) >= 11 is 0. The van der Waals surface area contributed by atoms with Gasteiger partial charge in [0.15, 0.2) is 0 Å². The zero-order valence-corrected chi connectivity index (χ0v) is 17.6. The molecule has 4 aliphatic carbocycles. The number of fused-ring (bicyclic) bond motifs is 5. The van der Waals surface area contributed by atoms with Crippen molar-refractivity contribution in [2.24, 2.45) is 34.5 Å². The second-order valence-electron chi connectivity index (χ2n) is 10.7. The molecule has 0 aromatic heterocycles. The van der Waals surface area contributed by atoms with Crippen molar-refractivity contribution in [1.82, 2.24) is 0 Å². The monoisotopic (exact) mass is 358 g/mol. The van der Waals surface area contributed by atoms with Gasteiger partial charge < -0.3 is 4.74 Å². The smallest absolute Gasteiger partial charge is 0.302 e. The minimum absolute atomic E-state index is 0.0869. The number of ether oxygens (including phenoxy) is 1. The lowest BCUT2D eigenvalue weighted by atomic mass is 9.45. The fourth-order valence-electron chi connectivity index (χ4n) is 7.88. The standard InChI is InChI=1S/C24H38O2/c1-15(2)17-10-12-23(4)18(14-17)6-7-19-20-8-9-22(26-16(3)25)24(20,5)13-11-21(19)23/h18-22H,6-14H2,1-5H3/t18-,19+,20+,21-,22-,23-,24-/m0/s1. The van der Waals surface area contributed by atoms with E-state index in [1.807, 2.05) is 0 Å². The zero-order valence-electron chi connectivity index (χ0n) is 17.6. The second-order valence-corrected chi connectivity index (χ2v) is 10.7. The minimum Gasteiger partial charge on any atom is -0.462 e. The summed E-state index contributed by atoms with van der Waals surface area (Å²) < 4.78 is 5.79. The molecular formula is C24H38O2. The first-order valence-electron chi connectivity index (χ1n) is 11.1. The normalized spacial score (nSPS) is 47.6. The SMILES string of the molecule is CC(=O)O[C@H]1CC[C@@H]2[C@H]3CC[C@H]4CC(=C(C)C)CC[C@]4(C)[C@H]3CC[C@]12C. The van der Waals surface area contributed by atoms with Crippen LogP contribution in [0.5, 0.6) is 0 Å². The van der Waals surface area contributed by atoms with Crippen LogP contribution in [0.4, 0.5) is 0 Å². The molecule has 4 fully saturated rings. The van der Waals surface area contributed by atoms with Crippen LogP contribution in [-0.4, -0.2) is 12.1 Å². The molecule has 0 amide bonds. The molecule has 0 N–H and O–H groups in total. The minimum atomic E-state index is -0.0869. The summed E-state index contributed by atoms with van der Waals surface area (Å²) in [6.07, 6.45) is 12.1. The van der Waals surface area contributed by atoms with E-state index in [1.54, 1.807) is 18.1 Å². The Labute approximate surface area is 160 Å². The largest absolute Gasteiger partial charge is 0.462 e. The molecule has 0 spiro atoms. The molecule has 26 heavy (non-hydrogen) atoms. The third-order valence-electron chi connectivity index (χ3n) is 9.45. The maximum absolute atomic E-state index is 11.6. The molecule has 7 atom stereocenters. The Morgan fingerprint density at radius 2 is 1.65 bits per heavy atom. The number of carbonyl (C=O) groups excluding carboxylic acids is 1. The van der Waals surface area contributed by atoms with E-state index in [4.69, 9.17) is 4.74 Å². The maximum Gasteiger partial charge on any atom is 0.302 e. The third-order valence-corrected chi connectivity index (χ3v) is 9.45. The highest BCUT2D eigenvalue weighted by Gasteiger charge is 2.60. The molecule has 0 heterocycles. The van der Waals surface area contributed by atoms with Gasteiger partial charge in [0.2, 0.25) is 0 Å². The molecule has 146 valence electrons. The van der Waals surface area contributed by atoms with Gasteiger partial charge in [-0.1, -0.05) is 25.0 Å². The van der Waals surface area contributed by atoms with Crippen LogP contribution in [0.25, 0.3) is 0 Å². The van der Waals surface area contributed by atoms with Crippen molar-refractivity contribution in [3.05, 3.63) is 11.1 Å². The summed E-state index contributed by atoms with van der Waals surface area (Å²) in [4.78, 5) is 11.6. The van der Waals surface area contributed by atoms with Crippen LogP contribution in [0.2, 0.25) is 0 Å². The molecule has 0 aromatic rings. The van der Waals surface area contributed by atoms with Crippen molar-refractivity contribution in [3.8, 4) is 0 Å². The second kappa shape index (κ2) is 6.38. The molecule has 0 saturated heterocycles. The molecule has 0 aliphatic heterocycles.